The minimum atomic E-state index is -0.0175. The molecule has 0 spiro atoms. The predicted octanol–water partition coefficient (Wildman–Crippen LogP) is 10.3. The molecular weight excluding hydrogens is 412 g/mol. The van der Waals surface area contributed by atoms with Crippen molar-refractivity contribution in [1.29, 1.82) is 0 Å². The van der Waals surface area contributed by atoms with Crippen LogP contribution < -0.4 is 11.5 Å². The molecule has 0 rings (SSSR count). The summed E-state index contributed by atoms with van der Waals surface area (Å²) in [4.78, 5) is 0. The monoisotopic (exact) mass is 481 g/mol. The lowest BCUT2D eigenvalue weighted by atomic mass is 9.45. The molecule has 0 amide bonds. The Morgan fingerprint density at radius 3 is 1.12 bits per heavy atom. The van der Waals surface area contributed by atoms with E-state index in [9.17, 15) is 0 Å². The zero-order chi connectivity index (χ0) is 25.8. The summed E-state index contributed by atoms with van der Waals surface area (Å²) in [5.74, 6) is 0. The maximum Gasteiger partial charge on any atom is 0.0216 e. The smallest absolute Gasteiger partial charge is 0.0216 e. The fourth-order valence-corrected chi connectivity index (χ4v) is 7.93. The molecule has 0 aromatic rings. The molecular formula is C32H68N2. The molecule has 2 heteroatoms. The number of hydrogen-bond acceptors (Lipinski definition) is 2. The van der Waals surface area contributed by atoms with Gasteiger partial charge in [-0.15, -0.1) is 0 Å². The first-order valence-corrected chi connectivity index (χ1v) is 15.9. The van der Waals surface area contributed by atoms with E-state index in [-0.39, 0.29) is 11.0 Å². The fourth-order valence-electron chi connectivity index (χ4n) is 7.93. The van der Waals surface area contributed by atoms with Crippen LogP contribution >= 0.6 is 0 Å². The van der Waals surface area contributed by atoms with Gasteiger partial charge in [-0.2, -0.15) is 0 Å². The number of unbranched alkanes of at least 4 members (excludes halogenated alkanes) is 8. The Balaban J connectivity index is 5.65. The molecule has 4 N–H and O–H groups in total. The van der Waals surface area contributed by atoms with Gasteiger partial charge in [-0.3, -0.25) is 0 Å². The molecule has 0 aliphatic rings. The van der Waals surface area contributed by atoms with E-state index in [4.69, 9.17) is 11.5 Å². The second-order valence-electron chi connectivity index (χ2n) is 11.7. The van der Waals surface area contributed by atoms with Crippen LogP contribution in [0.1, 0.15) is 183 Å². The van der Waals surface area contributed by atoms with Crippen LogP contribution in [0, 0.1) is 10.8 Å². The van der Waals surface area contributed by atoms with Crippen molar-refractivity contribution in [2.24, 2.45) is 22.3 Å². The summed E-state index contributed by atoms with van der Waals surface area (Å²) < 4.78 is 0. The minimum absolute atomic E-state index is 0.0175. The second kappa shape index (κ2) is 20.0. The molecule has 0 aliphatic carbocycles. The Hall–Kier alpha value is -0.0800. The van der Waals surface area contributed by atoms with Gasteiger partial charge in [-0.25, -0.2) is 0 Å². The molecule has 0 bridgehead atoms. The molecule has 0 aromatic heterocycles. The van der Waals surface area contributed by atoms with Crippen molar-refractivity contribution in [3.8, 4) is 0 Å². The van der Waals surface area contributed by atoms with Gasteiger partial charge in [0.05, 0.1) is 0 Å². The maximum atomic E-state index is 7.63. The van der Waals surface area contributed by atoms with Crippen LogP contribution in [0.15, 0.2) is 0 Å². The van der Waals surface area contributed by atoms with Crippen LogP contribution in [0.2, 0.25) is 0 Å². The lowest BCUT2D eigenvalue weighted by molar-refractivity contribution is -0.0861. The van der Waals surface area contributed by atoms with Crippen molar-refractivity contribution >= 4 is 0 Å². The highest BCUT2D eigenvalue weighted by molar-refractivity contribution is 5.11. The topological polar surface area (TPSA) is 52.0 Å². The summed E-state index contributed by atoms with van der Waals surface area (Å²) in [7, 11) is 0. The third kappa shape index (κ3) is 10.1. The summed E-state index contributed by atoms with van der Waals surface area (Å²) in [6.45, 7) is 15.3. The first-order chi connectivity index (χ1) is 16.4. The van der Waals surface area contributed by atoms with E-state index in [0.29, 0.717) is 5.41 Å². The van der Waals surface area contributed by atoms with Gasteiger partial charge in [0.25, 0.3) is 0 Å². The zero-order valence-electron chi connectivity index (χ0n) is 24.9. The second-order valence-corrected chi connectivity index (χ2v) is 11.7. The van der Waals surface area contributed by atoms with Crippen LogP contribution in [0.5, 0.6) is 0 Å². The van der Waals surface area contributed by atoms with Crippen molar-refractivity contribution in [3.63, 3.8) is 0 Å². The summed E-state index contributed by atoms with van der Waals surface area (Å²) in [5, 5.41) is 0. The molecule has 0 aromatic carbocycles. The molecule has 0 fully saturated rings. The summed E-state index contributed by atoms with van der Waals surface area (Å²) in [6, 6.07) is 0. The van der Waals surface area contributed by atoms with Crippen molar-refractivity contribution in [1.82, 2.24) is 0 Å². The average molecular weight is 481 g/mol. The van der Waals surface area contributed by atoms with Gasteiger partial charge in [0.15, 0.2) is 0 Å². The van der Waals surface area contributed by atoms with E-state index in [0.717, 1.165) is 6.54 Å². The molecule has 0 radical (unpaired) electrons. The van der Waals surface area contributed by atoms with Gasteiger partial charge < -0.3 is 11.5 Å². The van der Waals surface area contributed by atoms with Crippen LogP contribution in [-0.4, -0.2) is 12.1 Å². The zero-order valence-corrected chi connectivity index (χ0v) is 24.9. The Kier molecular flexibility index (Phi) is 20.0. The van der Waals surface area contributed by atoms with E-state index in [1.54, 1.807) is 0 Å². The van der Waals surface area contributed by atoms with Crippen LogP contribution in [0.25, 0.3) is 0 Å². The third-order valence-electron chi connectivity index (χ3n) is 9.03. The van der Waals surface area contributed by atoms with Gasteiger partial charge >= 0.3 is 0 Å². The molecule has 34 heavy (non-hydrogen) atoms. The highest BCUT2D eigenvalue weighted by atomic mass is 14.8. The van der Waals surface area contributed by atoms with E-state index < -0.39 is 0 Å². The molecule has 0 unspecified atom stereocenters. The van der Waals surface area contributed by atoms with Crippen LogP contribution in [-0.2, 0) is 0 Å². The van der Waals surface area contributed by atoms with Crippen molar-refractivity contribution < 1.29 is 0 Å². The lowest BCUT2D eigenvalue weighted by Gasteiger charge is -2.61. The molecule has 0 saturated heterocycles. The average Bonchev–Trinajstić information content (AvgIpc) is 2.80. The molecule has 0 saturated carbocycles. The molecule has 0 atom stereocenters. The Labute approximate surface area is 217 Å². The number of hydrogen-bond donors (Lipinski definition) is 2. The number of rotatable bonds is 25. The largest absolute Gasteiger partial charge is 0.330 e. The molecule has 0 aliphatic heterocycles. The SMILES string of the molecule is CCCC(N)(CCC)C(CCC)(CCC)C(CCC)(CCC)CCCCCCCCCCCN. The normalized spacial score (nSPS) is 13.1. The number of nitrogens with two attached hydrogens (primary N) is 2. The summed E-state index contributed by atoms with van der Waals surface area (Å²) in [6.07, 6.45) is 29.1. The maximum absolute atomic E-state index is 7.63. The highest BCUT2D eigenvalue weighted by Gasteiger charge is 2.57. The minimum Gasteiger partial charge on any atom is -0.330 e. The summed E-state index contributed by atoms with van der Waals surface area (Å²) >= 11 is 0. The van der Waals surface area contributed by atoms with Crippen LogP contribution in [0.3, 0.4) is 0 Å². The quantitative estimate of drug-likeness (QED) is 0.128. The summed E-state index contributed by atoms with van der Waals surface area (Å²) in [5.41, 5.74) is 13.9. The predicted molar refractivity (Wildman–Crippen MR) is 156 cm³/mol. The Morgan fingerprint density at radius 2 is 0.765 bits per heavy atom. The molecule has 206 valence electrons. The molecule has 0 heterocycles. The first-order valence-electron chi connectivity index (χ1n) is 15.9. The third-order valence-corrected chi connectivity index (χ3v) is 9.03. The van der Waals surface area contributed by atoms with E-state index in [1.165, 1.54) is 141 Å². The van der Waals surface area contributed by atoms with Gasteiger partial charge in [0.1, 0.15) is 0 Å². The first kappa shape index (κ1) is 33.9. The van der Waals surface area contributed by atoms with E-state index in [2.05, 4.69) is 41.5 Å². The van der Waals surface area contributed by atoms with Gasteiger partial charge in [-0.05, 0) is 68.7 Å². The van der Waals surface area contributed by atoms with E-state index >= 15 is 0 Å². The van der Waals surface area contributed by atoms with E-state index in [1.807, 2.05) is 0 Å². The van der Waals surface area contributed by atoms with Gasteiger partial charge in [0, 0.05) is 5.54 Å². The Bertz CT molecular complexity index is 426. The lowest BCUT2D eigenvalue weighted by Crippen LogP contribution is -2.63. The standard InChI is InChI=1S/C32H68N2/c1-7-22-30(23-8-2,28-20-18-16-14-13-15-17-19-21-29-33)31(24-9-3,25-10-4)32(34,26-11-5)27-12-6/h7-29,33-34H2,1-6H3. The van der Waals surface area contributed by atoms with Gasteiger partial charge in [0.2, 0.25) is 0 Å². The van der Waals surface area contributed by atoms with Crippen molar-refractivity contribution in [3.05, 3.63) is 0 Å². The van der Waals surface area contributed by atoms with Crippen molar-refractivity contribution in [2.75, 3.05) is 6.54 Å². The van der Waals surface area contributed by atoms with Crippen LogP contribution in [0.4, 0.5) is 0 Å². The van der Waals surface area contributed by atoms with Gasteiger partial charge in [-0.1, -0.05) is 131 Å². The van der Waals surface area contributed by atoms with Crippen molar-refractivity contribution in [2.45, 2.75) is 188 Å². The Morgan fingerprint density at radius 1 is 0.412 bits per heavy atom. The molecule has 2 nitrogen and oxygen atoms in total. The highest BCUT2D eigenvalue weighted by Crippen LogP contribution is 2.62. The fraction of sp³-hybridized carbons (Fsp3) is 1.00.